The number of piperidine rings is 1. The highest BCUT2D eigenvalue weighted by Gasteiger charge is 2.46. The van der Waals surface area contributed by atoms with Gasteiger partial charge in [-0.2, -0.15) is 0 Å². The van der Waals surface area contributed by atoms with Crippen LogP contribution in [0.5, 0.6) is 0 Å². The summed E-state index contributed by atoms with van der Waals surface area (Å²) in [4.78, 5) is 31.4. The first-order chi connectivity index (χ1) is 19.2. The molecule has 2 aromatic carbocycles. The summed E-state index contributed by atoms with van der Waals surface area (Å²) in [7, 11) is -2.85. The SMILES string of the molecule is CCC(CN1CCCS1(O)O)N1C(=O)[C@@H](Cc2cccc(=O)[nH]2)C[C@H](c2cccc(Cl)c2)[C@H]1c1ccc(Cl)cc1. The molecule has 3 aromatic rings. The maximum Gasteiger partial charge on any atom is 0.248 e. The monoisotopic (exact) mass is 603 g/mol. The third-order valence-electron chi connectivity index (χ3n) is 8.12. The number of aromatic amines is 1. The molecule has 1 unspecified atom stereocenters. The van der Waals surface area contributed by atoms with E-state index in [2.05, 4.69) is 4.98 Å². The van der Waals surface area contributed by atoms with E-state index in [9.17, 15) is 18.7 Å². The number of aromatic nitrogens is 1. The molecule has 2 aliphatic heterocycles. The summed E-state index contributed by atoms with van der Waals surface area (Å²) in [6, 6.07) is 19.8. The number of carbonyl (C=O) groups is 1. The van der Waals surface area contributed by atoms with Gasteiger partial charge in [-0.15, -0.1) is 10.8 Å². The fourth-order valence-electron chi connectivity index (χ4n) is 6.21. The van der Waals surface area contributed by atoms with Crippen LogP contribution in [0.2, 0.25) is 10.0 Å². The molecule has 1 amide bonds. The lowest BCUT2D eigenvalue weighted by molar-refractivity contribution is -0.147. The van der Waals surface area contributed by atoms with E-state index in [4.69, 9.17) is 23.2 Å². The van der Waals surface area contributed by atoms with E-state index in [1.54, 1.807) is 10.4 Å². The Bertz CT molecular complexity index is 1400. The molecule has 3 N–H and O–H groups in total. The smallest absolute Gasteiger partial charge is 0.248 e. The lowest BCUT2D eigenvalue weighted by Gasteiger charge is -2.50. The minimum atomic E-state index is -2.85. The molecule has 0 aliphatic carbocycles. The first-order valence-electron chi connectivity index (χ1n) is 13.7. The average Bonchev–Trinajstić information content (AvgIpc) is 3.26. The molecule has 3 heterocycles. The Morgan fingerprint density at radius 3 is 2.40 bits per heavy atom. The lowest BCUT2D eigenvalue weighted by Crippen LogP contribution is -2.54. The Kier molecular flexibility index (Phi) is 8.95. The summed E-state index contributed by atoms with van der Waals surface area (Å²) < 4.78 is 23.2. The van der Waals surface area contributed by atoms with Gasteiger partial charge in [-0.3, -0.25) is 18.7 Å². The van der Waals surface area contributed by atoms with E-state index in [1.807, 2.05) is 66.4 Å². The highest BCUT2D eigenvalue weighted by atomic mass is 35.5. The van der Waals surface area contributed by atoms with Crippen LogP contribution in [-0.2, 0) is 11.2 Å². The Morgan fingerprint density at radius 2 is 1.75 bits per heavy atom. The van der Waals surface area contributed by atoms with Crippen LogP contribution in [-0.4, -0.2) is 54.1 Å². The third-order valence-corrected chi connectivity index (χ3v) is 10.6. The molecule has 2 aliphatic rings. The number of likely N-dealkylation sites (tertiary alicyclic amines) is 1. The number of halogens is 2. The van der Waals surface area contributed by atoms with Crippen molar-refractivity contribution in [1.29, 1.82) is 0 Å². The largest absolute Gasteiger partial charge is 0.330 e. The molecule has 2 fully saturated rings. The van der Waals surface area contributed by atoms with Gasteiger partial charge in [0.15, 0.2) is 0 Å². The number of nitrogens with one attached hydrogen (secondary N) is 1. The van der Waals surface area contributed by atoms with Gasteiger partial charge in [-0.05, 0) is 67.1 Å². The third kappa shape index (κ3) is 6.27. The first-order valence-corrected chi connectivity index (χ1v) is 16.1. The normalized spacial score (nSPS) is 24.7. The molecule has 2 saturated heterocycles. The van der Waals surface area contributed by atoms with Crippen LogP contribution in [0.15, 0.2) is 71.5 Å². The Hall–Kier alpha value is -2.33. The molecule has 0 radical (unpaired) electrons. The number of rotatable bonds is 8. The van der Waals surface area contributed by atoms with Gasteiger partial charge in [0.1, 0.15) is 0 Å². The van der Waals surface area contributed by atoms with Crippen molar-refractivity contribution in [2.45, 2.75) is 50.6 Å². The molecule has 0 saturated carbocycles. The molecule has 0 spiro atoms. The summed E-state index contributed by atoms with van der Waals surface area (Å²) in [5.74, 6) is -0.136. The van der Waals surface area contributed by atoms with Gasteiger partial charge in [0, 0.05) is 52.8 Å². The van der Waals surface area contributed by atoms with Crippen molar-refractivity contribution in [2.75, 3.05) is 18.8 Å². The second-order valence-corrected chi connectivity index (χ2v) is 13.8. The van der Waals surface area contributed by atoms with E-state index in [0.29, 0.717) is 60.3 Å². The van der Waals surface area contributed by atoms with Crippen molar-refractivity contribution in [3.63, 3.8) is 0 Å². The number of nitrogens with zero attached hydrogens (tertiary/aromatic N) is 2. The van der Waals surface area contributed by atoms with Gasteiger partial charge in [0.2, 0.25) is 11.5 Å². The maximum absolute atomic E-state index is 14.5. The Balaban J connectivity index is 1.61. The quantitative estimate of drug-likeness (QED) is 0.265. The van der Waals surface area contributed by atoms with Crippen LogP contribution >= 0.6 is 34.0 Å². The first kappa shape index (κ1) is 29.2. The molecule has 40 heavy (non-hydrogen) atoms. The van der Waals surface area contributed by atoms with E-state index in [0.717, 1.165) is 11.1 Å². The molecule has 10 heteroatoms. The van der Waals surface area contributed by atoms with Crippen molar-refractivity contribution in [3.05, 3.63) is 104 Å². The number of carbonyl (C=O) groups excluding carboxylic acids is 1. The molecule has 214 valence electrons. The van der Waals surface area contributed by atoms with Crippen LogP contribution in [0.1, 0.15) is 55.0 Å². The summed E-state index contributed by atoms with van der Waals surface area (Å²) in [6.45, 7) is 2.98. The molecule has 7 nitrogen and oxygen atoms in total. The highest BCUT2D eigenvalue weighted by molar-refractivity contribution is 8.22. The number of H-pyrrole nitrogens is 1. The number of benzene rings is 2. The molecular weight excluding hydrogens is 569 g/mol. The highest BCUT2D eigenvalue weighted by Crippen LogP contribution is 2.51. The van der Waals surface area contributed by atoms with Crippen molar-refractivity contribution in [3.8, 4) is 0 Å². The lowest BCUT2D eigenvalue weighted by atomic mass is 9.74. The second-order valence-electron chi connectivity index (χ2n) is 10.7. The topological polar surface area (TPSA) is 96.9 Å². The number of hydrogen-bond acceptors (Lipinski definition) is 5. The molecular formula is C30H35Cl2N3O4S. The van der Waals surface area contributed by atoms with Crippen molar-refractivity contribution >= 4 is 39.9 Å². The zero-order chi connectivity index (χ0) is 28.4. The zero-order valence-electron chi connectivity index (χ0n) is 22.4. The van der Waals surface area contributed by atoms with E-state index in [1.165, 1.54) is 6.07 Å². The standard InChI is InChI=1S/C30H35Cl2N3O4S/c1-2-26(19-34-14-5-15-40(34,38)39)35-29(20-10-12-23(31)13-11-20)27(21-6-3-7-24(32)16-21)18-22(30(35)37)17-25-8-4-9-28(36)33-25/h3-4,6-13,16,22,26-27,29,38-39H,2,5,14-15,17-19H2,1H3,(H,33,36)/t22-,26?,27+,29+/m0/s1. The van der Waals surface area contributed by atoms with Crippen LogP contribution in [0, 0.1) is 5.92 Å². The van der Waals surface area contributed by atoms with Crippen LogP contribution in [0.25, 0.3) is 0 Å². The summed E-state index contributed by atoms with van der Waals surface area (Å²) in [6.07, 6.45) is 2.31. The molecule has 5 rings (SSSR count). The molecule has 4 atom stereocenters. The fraction of sp³-hybridized carbons (Fsp3) is 0.400. The number of amides is 1. The summed E-state index contributed by atoms with van der Waals surface area (Å²) in [5, 5.41) is 1.23. The Labute approximate surface area is 246 Å². The number of pyridine rings is 1. The van der Waals surface area contributed by atoms with Crippen LogP contribution < -0.4 is 5.56 Å². The molecule has 0 bridgehead atoms. The van der Waals surface area contributed by atoms with Crippen molar-refractivity contribution < 1.29 is 13.9 Å². The second kappa shape index (κ2) is 12.3. The zero-order valence-corrected chi connectivity index (χ0v) is 24.7. The van der Waals surface area contributed by atoms with Crippen LogP contribution in [0.3, 0.4) is 0 Å². The van der Waals surface area contributed by atoms with Crippen molar-refractivity contribution in [1.82, 2.24) is 14.2 Å². The summed E-state index contributed by atoms with van der Waals surface area (Å²) in [5.41, 5.74) is 2.49. The van der Waals surface area contributed by atoms with E-state index >= 15 is 0 Å². The van der Waals surface area contributed by atoms with Gasteiger partial charge in [-0.1, -0.05) is 60.5 Å². The predicted octanol–water partition coefficient (Wildman–Crippen LogP) is 6.75. The minimum absolute atomic E-state index is 0.00884. The van der Waals surface area contributed by atoms with Crippen molar-refractivity contribution in [2.24, 2.45) is 5.92 Å². The van der Waals surface area contributed by atoms with Gasteiger partial charge in [0.05, 0.1) is 11.8 Å². The molecule has 1 aromatic heterocycles. The van der Waals surface area contributed by atoms with Crippen LogP contribution in [0.4, 0.5) is 0 Å². The Morgan fingerprint density at radius 1 is 1.00 bits per heavy atom. The maximum atomic E-state index is 14.5. The van der Waals surface area contributed by atoms with Gasteiger partial charge >= 0.3 is 0 Å². The van der Waals surface area contributed by atoms with E-state index < -0.39 is 16.7 Å². The fourth-order valence-corrected chi connectivity index (χ4v) is 8.14. The minimum Gasteiger partial charge on any atom is -0.330 e. The number of hydrogen-bond donors (Lipinski definition) is 3. The predicted molar refractivity (Wildman–Crippen MR) is 162 cm³/mol. The van der Waals surface area contributed by atoms with Gasteiger partial charge in [0.25, 0.3) is 0 Å². The average molecular weight is 605 g/mol. The van der Waals surface area contributed by atoms with Gasteiger partial charge in [-0.25, -0.2) is 4.31 Å². The van der Waals surface area contributed by atoms with Gasteiger partial charge < -0.3 is 9.88 Å². The van der Waals surface area contributed by atoms with E-state index in [-0.39, 0.29) is 29.5 Å². The summed E-state index contributed by atoms with van der Waals surface area (Å²) >= 11 is 12.7.